The number of unbranched alkanes of at least 4 members (excludes halogenated alkanes) is 2. The summed E-state index contributed by atoms with van der Waals surface area (Å²) in [5, 5.41) is 9.65. The van der Waals surface area contributed by atoms with Gasteiger partial charge in [0.2, 0.25) is 11.8 Å². The molecule has 3 aromatic rings. The highest BCUT2D eigenvalue weighted by Crippen LogP contribution is 2.35. The van der Waals surface area contributed by atoms with E-state index in [0.717, 1.165) is 80.4 Å². The van der Waals surface area contributed by atoms with Gasteiger partial charge in [0, 0.05) is 37.3 Å². The molecule has 5 rings (SSSR count). The van der Waals surface area contributed by atoms with Crippen molar-refractivity contribution in [3.05, 3.63) is 89.0 Å². The number of piperidine rings is 1. The lowest BCUT2D eigenvalue weighted by Gasteiger charge is -2.34. The molecule has 3 aromatic carbocycles. The number of nitrogens with one attached hydrogen (secondary N) is 3. The van der Waals surface area contributed by atoms with Crippen LogP contribution in [0.25, 0.3) is 11.1 Å². The number of hydrogen-bond acceptors (Lipinski definition) is 4. The van der Waals surface area contributed by atoms with Crippen molar-refractivity contribution in [2.45, 2.75) is 77.7 Å². The highest BCUT2D eigenvalue weighted by atomic mass is 16.2. The smallest absolute Gasteiger partial charge is 0.251 e. The van der Waals surface area contributed by atoms with E-state index >= 15 is 0 Å². The van der Waals surface area contributed by atoms with Gasteiger partial charge in [0.15, 0.2) is 0 Å². The Hall–Kier alpha value is -3.97. The zero-order chi connectivity index (χ0) is 31.8. The average molecular weight is 609 g/mol. The first-order chi connectivity index (χ1) is 21.8. The van der Waals surface area contributed by atoms with Gasteiger partial charge in [-0.3, -0.25) is 14.4 Å². The van der Waals surface area contributed by atoms with E-state index in [-0.39, 0.29) is 29.7 Å². The summed E-state index contributed by atoms with van der Waals surface area (Å²) in [6, 6.07) is 22.6. The van der Waals surface area contributed by atoms with E-state index in [9.17, 15) is 14.4 Å². The fourth-order valence-corrected chi connectivity index (χ4v) is 6.96. The van der Waals surface area contributed by atoms with Gasteiger partial charge in [-0.2, -0.15) is 0 Å². The number of hydrogen-bond donors (Lipinski definition) is 3. The summed E-state index contributed by atoms with van der Waals surface area (Å²) in [5.41, 5.74) is 7.28. The lowest BCUT2D eigenvalue weighted by atomic mass is 9.79. The number of benzene rings is 3. The van der Waals surface area contributed by atoms with Crippen LogP contribution < -0.4 is 20.9 Å². The summed E-state index contributed by atoms with van der Waals surface area (Å²) in [6.07, 6.45) is 6.61. The van der Waals surface area contributed by atoms with E-state index in [1.165, 1.54) is 11.1 Å². The van der Waals surface area contributed by atoms with Crippen LogP contribution in [0.3, 0.4) is 0 Å². The first-order valence-corrected chi connectivity index (χ1v) is 16.7. The van der Waals surface area contributed by atoms with Gasteiger partial charge in [-0.1, -0.05) is 48.0 Å². The van der Waals surface area contributed by atoms with E-state index in [1.54, 1.807) is 6.92 Å². The Balaban J connectivity index is 1.05. The van der Waals surface area contributed by atoms with Crippen LogP contribution in [-0.4, -0.2) is 49.9 Å². The molecule has 3 amide bonds. The van der Waals surface area contributed by atoms with E-state index < -0.39 is 0 Å². The molecule has 2 aliphatic rings. The fourth-order valence-electron chi connectivity index (χ4n) is 6.96. The maximum atomic E-state index is 13.3. The Morgan fingerprint density at radius 2 is 1.58 bits per heavy atom. The van der Waals surface area contributed by atoms with Gasteiger partial charge in [0.1, 0.15) is 0 Å². The number of rotatable bonds is 11. The Morgan fingerprint density at radius 3 is 2.29 bits per heavy atom. The van der Waals surface area contributed by atoms with Gasteiger partial charge in [-0.05, 0) is 124 Å². The van der Waals surface area contributed by atoms with Crippen molar-refractivity contribution in [2.75, 3.05) is 31.1 Å². The van der Waals surface area contributed by atoms with Crippen LogP contribution in [0.5, 0.6) is 0 Å². The summed E-state index contributed by atoms with van der Waals surface area (Å²) in [5.74, 6) is 0.388. The van der Waals surface area contributed by atoms with Gasteiger partial charge in [-0.25, -0.2) is 0 Å². The normalized spacial score (nSPS) is 17.3. The molecule has 2 aliphatic heterocycles. The Labute approximate surface area is 268 Å². The molecule has 7 heteroatoms. The number of carbonyl (C=O) groups excluding carboxylic acids is 3. The molecule has 1 saturated heterocycles. The minimum Gasteiger partial charge on any atom is -0.356 e. The molecule has 2 atom stereocenters. The van der Waals surface area contributed by atoms with Crippen LogP contribution in [0.4, 0.5) is 5.69 Å². The summed E-state index contributed by atoms with van der Waals surface area (Å²) in [7, 11) is 0. The van der Waals surface area contributed by atoms with Crippen LogP contribution in [-0.2, 0) is 16.0 Å². The van der Waals surface area contributed by atoms with E-state index in [4.69, 9.17) is 0 Å². The van der Waals surface area contributed by atoms with Crippen molar-refractivity contribution in [1.29, 1.82) is 0 Å². The van der Waals surface area contributed by atoms with E-state index in [0.29, 0.717) is 24.6 Å². The third-order valence-electron chi connectivity index (χ3n) is 9.41. The molecule has 0 bridgehead atoms. The van der Waals surface area contributed by atoms with Crippen molar-refractivity contribution < 1.29 is 14.4 Å². The quantitative estimate of drug-likeness (QED) is 0.228. The molecule has 0 radical (unpaired) electrons. The molecule has 45 heavy (non-hydrogen) atoms. The monoisotopic (exact) mass is 608 g/mol. The molecule has 2 heterocycles. The molecule has 238 valence electrons. The second-order valence-electron chi connectivity index (χ2n) is 12.8. The lowest BCUT2D eigenvalue weighted by molar-refractivity contribution is -0.124. The Kier molecular flexibility index (Phi) is 11.1. The molecular formula is C38H48N4O3. The van der Waals surface area contributed by atoms with E-state index in [1.807, 2.05) is 35.2 Å². The Bertz CT molecular complexity index is 1480. The number of fused-ring (bicyclic) bond motifs is 1. The number of carbonyl (C=O) groups is 3. The maximum Gasteiger partial charge on any atom is 0.251 e. The number of anilines is 1. The second-order valence-corrected chi connectivity index (χ2v) is 12.8. The summed E-state index contributed by atoms with van der Waals surface area (Å²) in [4.78, 5) is 40.2. The van der Waals surface area contributed by atoms with Crippen LogP contribution >= 0.6 is 0 Å². The predicted molar refractivity (Wildman–Crippen MR) is 182 cm³/mol. The average Bonchev–Trinajstić information content (AvgIpc) is 3.04. The van der Waals surface area contributed by atoms with Crippen molar-refractivity contribution >= 4 is 23.4 Å². The highest BCUT2D eigenvalue weighted by molar-refractivity contribution is 5.95. The summed E-state index contributed by atoms with van der Waals surface area (Å²) < 4.78 is 0. The first kappa shape index (κ1) is 32.4. The lowest BCUT2D eigenvalue weighted by Crippen LogP contribution is -2.40. The third-order valence-corrected chi connectivity index (χ3v) is 9.41. The van der Waals surface area contributed by atoms with E-state index in [2.05, 4.69) is 66.2 Å². The summed E-state index contributed by atoms with van der Waals surface area (Å²) in [6.45, 7) is 8.99. The fraction of sp³-hybridized carbons (Fsp3) is 0.447. The molecule has 0 aliphatic carbocycles. The third kappa shape index (κ3) is 8.20. The Morgan fingerprint density at radius 1 is 0.867 bits per heavy atom. The number of amides is 3. The standard InChI is InChI=1S/C38H48N4O3/c1-26-8-7-9-34(24-26)36(30-18-22-39-23-19-30)38(45)41-21-6-4-5-20-40-37(44)31-14-12-29(13-15-31)32-16-17-35-33(25-32)11-10-27(2)42(35)28(3)43/h7-9,12-17,24-25,27,30,36,39H,4-6,10-11,18-23H2,1-3H3,(H,40,44)(H,41,45)/t27-,36?/m0/s1. The molecular weight excluding hydrogens is 560 g/mol. The van der Waals surface area contributed by atoms with Gasteiger partial charge in [0.25, 0.3) is 5.91 Å². The van der Waals surface area contributed by atoms with Gasteiger partial charge < -0.3 is 20.9 Å². The molecule has 7 nitrogen and oxygen atoms in total. The zero-order valence-electron chi connectivity index (χ0n) is 27.0. The maximum absolute atomic E-state index is 13.3. The molecule has 0 saturated carbocycles. The van der Waals surface area contributed by atoms with Gasteiger partial charge in [-0.15, -0.1) is 0 Å². The van der Waals surface area contributed by atoms with Gasteiger partial charge >= 0.3 is 0 Å². The van der Waals surface area contributed by atoms with Crippen molar-refractivity contribution in [3.8, 4) is 11.1 Å². The van der Waals surface area contributed by atoms with Crippen LogP contribution in [0.2, 0.25) is 0 Å². The largest absolute Gasteiger partial charge is 0.356 e. The van der Waals surface area contributed by atoms with Crippen molar-refractivity contribution in [3.63, 3.8) is 0 Å². The topological polar surface area (TPSA) is 90.5 Å². The van der Waals surface area contributed by atoms with Gasteiger partial charge in [0.05, 0.1) is 5.92 Å². The second kappa shape index (κ2) is 15.3. The number of nitrogens with zero attached hydrogens (tertiary/aromatic N) is 1. The SMILES string of the molecule is CC(=O)N1c2ccc(-c3ccc(C(=O)NCCCCCNC(=O)C(c4cccc(C)c4)C4CCNCC4)cc3)cc2CC[C@@H]1C. The highest BCUT2D eigenvalue weighted by Gasteiger charge is 2.31. The molecule has 1 fully saturated rings. The van der Waals surface area contributed by atoms with Crippen molar-refractivity contribution in [1.82, 2.24) is 16.0 Å². The summed E-state index contributed by atoms with van der Waals surface area (Å²) >= 11 is 0. The molecule has 0 aromatic heterocycles. The predicted octanol–water partition coefficient (Wildman–Crippen LogP) is 6.15. The minimum atomic E-state index is -0.106. The van der Waals surface area contributed by atoms with Crippen LogP contribution in [0.15, 0.2) is 66.7 Å². The van der Waals surface area contributed by atoms with Crippen molar-refractivity contribution in [2.24, 2.45) is 5.92 Å². The number of aryl methyl sites for hydroxylation is 2. The van der Waals surface area contributed by atoms with Crippen LogP contribution in [0.1, 0.15) is 85.3 Å². The molecule has 1 unspecified atom stereocenters. The minimum absolute atomic E-state index is 0.0747. The first-order valence-electron chi connectivity index (χ1n) is 16.7. The zero-order valence-corrected chi connectivity index (χ0v) is 27.0. The van der Waals surface area contributed by atoms with Crippen LogP contribution in [0, 0.1) is 12.8 Å². The molecule has 0 spiro atoms. The molecule has 3 N–H and O–H groups in total.